The van der Waals surface area contributed by atoms with Gasteiger partial charge in [0.15, 0.2) is 0 Å². The molecule has 0 aliphatic heterocycles. The predicted octanol–water partition coefficient (Wildman–Crippen LogP) is 3.37. The average molecular weight is 187 g/mol. The number of phenols is 1. The van der Waals surface area contributed by atoms with Crippen molar-refractivity contribution in [1.82, 2.24) is 0 Å². The lowest BCUT2D eigenvalue weighted by molar-refractivity contribution is 0.467. The van der Waals surface area contributed by atoms with Crippen molar-refractivity contribution >= 4 is 0 Å². The Morgan fingerprint density at radius 1 is 1.43 bits per heavy atom. The summed E-state index contributed by atoms with van der Waals surface area (Å²) in [4.78, 5) is 0. The van der Waals surface area contributed by atoms with E-state index in [0.717, 1.165) is 11.1 Å². The largest absolute Gasteiger partial charge is 0.508 e. The molecule has 1 aromatic carbocycles. The van der Waals surface area contributed by atoms with E-state index < -0.39 is 0 Å². The van der Waals surface area contributed by atoms with Crippen LogP contribution in [0.5, 0.6) is 5.75 Å². The van der Waals surface area contributed by atoms with Gasteiger partial charge in [-0.05, 0) is 37.3 Å². The van der Waals surface area contributed by atoms with Crippen molar-refractivity contribution in [2.24, 2.45) is 0 Å². The van der Waals surface area contributed by atoms with E-state index in [0.29, 0.717) is 11.7 Å². The molecule has 1 aliphatic carbocycles. The molecule has 2 rings (SSSR count). The maximum atomic E-state index is 9.78. The van der Waals surface area contributed by atoms with E-state index in [2.05, 4.69) is 13.5 Å². The second-order valence-corrected chi connectivity index (χ2v) is 3.90. The SMILES string of the molecule is [CH2]C(C=C)c1cccc(O)c1C1CC1. The van der Waals surface area contributed by atoms with Crippen LogP contribution in [0.15, 0.2) is 30.9 Å². The molecular weight excluding hydrogens is 172 g/mol. The van der Waals surface area contributed by atoms with Crippen LogP contribution in [0.25, 0.3) is 0 Å². The maximum absolute atomic E-state index is 9.78. The molecular formula is C13H15O. The molecule has 1 unspecified atom stereocenters. The van der Waals surface area contributed by atoms with Crippen molar-refractivity contribution in [3.05, 3.63) is 48.9 Å². The molecule has 1 fully saturated rings. The van der Waals surface area contributed by atoms with Crippen LogP contribution >= 0.6 is 0 Å². The van der Waals surface area contributed by atoms with E-state index in [1.807, 2.05) is 18.2 Å². The third kappa shape index (κ3) is 1.54. The van der Waals surface area contributed by atoms with Crippen LogP contribution in [-0.2, 0) is 0 Å². The number of benzene rings is 1. The molecule has 1 aromatic rings. The smallest absolute Gasteiger partial charge is 0.119 e. The topological polar surface area (TPSA) is 20.2 Å². The Morgan fingerprint density at radius 2 is 2.14 bits per heavy atom. The Hall–Kier alpha value is -1.24. The molecule has 0 saturated heterocycles. The lowest BCUT2D eigenvalue weighted by atomic mass is 9.92. The van der Waals surface area contributed by atoms with Gasteiger partial charge in [-0.15, -0.1) is 6.58 Å². The Bertz CT molecular complexity index is 350. The third-order valence-corrected chi connectivity index (χ3v) is 2.79. The summed E-state index contributed by atoms with van der Waals surface area (Å²) in [6.07, 6.45) is 4.20. The number of hydrogen-bond acceptors (Lipinski definition) is 1. The van der Waals surface area contributed by atoms with Gasteiger partial charge in [-0.3, -0.25) is 0 Å². The molecule has 1 nitrogen and oxygen atoms in total. The Balaban J connectivity index is 2.46. The number of aromatic hydroxyl groups is 1. The van der Waals surface area contributed by atoms with Gasteiger partial charge in [-0.1, -0.05) is 18.2 Å². The summed E-state index contributed by atoms with van der Waals surface area (Å²) in [6.45, 7) is 7.75. The van der Waals surface area contributed by atoms with Crippen molar-refractivity contribution in [3.63, 3.8) is 0 Å². The lowest BCUT2D eigenvalue weighted by Crippen LogP contribution is -1.96. The highest BCUT2D eigenvalue weighted by atomic mass is 16.3. The van der Waals surface area contributed by atoms with E-state index >= 15 is 0 Å². The molecule has 1 atom stereocenters. The molecule has 1 aliphatic rings. The van der Waals surface area contributed by atoms with Gasteiger partial charge in [0.25, 0.3) is 0 Å². The van der Waals surface area contributed by atoms with Crippen molar-refractivity contribution in [1.29, 1.82) is 0 Å². The standard InChI is InChI=1S/C13H15O/c1-3-9(2)11-5-4-6-12(14)13(11)10-7-8-10/h3-6,9-10,14H,1-2,7-8H2. The first-order valence-corrected chi connectivity index (χ1v) is 5.01. The second-order valence-electron chi connectivity index (χ2n) is 3.90. The minimum atomic E-state index is 0.0812. The van der Waals surface area contributed by atoms with Crippen molar-refractivity contribution < 1.29 is 5.11 Å². The van der Waals surface area contributed by atoms with Crippen molar-refractivity contribution in [2.45, 2.75) is 24.7 Å². The molecule has 0 bridgehead atoms. The summed E-state index contributed by atoms with van der Waals surface area (Å²) in [5, 5.41) is 9.78. The fourth-order valence-corrected chi connectivity index (χ4v) is 1.84. The zero-order valence-electron chi connectivity index (χ0n) is 8.24. The van der Waals surface area contributed by atoms with Crippen molar-refractivity contribution in [3.8, 4) is 5.75 Å². The predicted molar refractivity (Wildman–Crippen MR) is 58.4 cm³/mol. The summed E-state index contributed by atoms with van der Waals surface area (Å²) in [6, 6.07) is 5.66. The molecule has 1 saturated carbocycles. The van der Waals surface area contributed by atoms with Crippen LogP contribution in [-0.4, -0.2) is 5.11 Å². The van der Waals surface area contributed by atoms with Crippen LogP contribution in [0.2, 0.25) is 0 Å². The lowest BCUT2D eigenvalue weighted by Gasteiger charge is -2.13. The summed E-state index contributed by atoms with van der Waals surface area (Å²) >= 11 is 0. The van der Waals surface area contributed by atoms with Gasteiger partial charge in [-0.2, -0.15) is 0 Å². The number of phenolic OH excluding ortho intramolecular Hbond substituents is 1. The van der Waals surface area contributed by atoms with E-state index in [4.69, 9.17) is 0 Å². The van der Waals surface area contributed by atoms with Gasteiger partial charge in [0.1, 0.15) is 5.75 Å². The quantitative estimate of drug-likeness (QED) is 0.719. The zero-order chi connectivity index (χ0) is 10.1. The van der Waals surface area contributed by atoms with Gasteiger partial charge in [0.2, 0.25) is 0 Å². The molecule has 73 valence electrons. The highest BCUT2D eigenvalue weighted by Crippen LogP contribution is 2.47. The monoisotopic (exact) mass is 187 g/mol. The molecule has 0 spiro atoms. The molecule has 1 heteroatoms. The van der Waals surface area contributed by atoms with E-state index in [1.54, 1.807) is 6.07 Å². The van der Waals surface area contributed by atoms with Crippen molar-refractivity contribution in [2.75, 3.05) is 0 Å². The van der Waals surface area contributed by atoms with Crippen LogP contribution in [0.1, 0.15) is 35.8 Å². The average Bonchev–Trinajstić information content (AvgIpc) is 3.00. The highest BCUT2D eigenvalue weighted by molar-refractivity contribution is 5.47. The Kier molecular flexibility index (Phi) is 2.32. The number of allylic oxidation sites excluding steroid dienone is 1. The molecule has 14 heavy (non-hydrogen) atoms. The first-order valence-electron chi connectivity index (χ1n) is 5.01. The van der Waals surface area contributed by atoms with Gasteiger partial charge < -0.3 is 5.11 Å². The minimum absolute atomic E-state index is 0.0812. The molecule has 0 aromatic heterocycles. The molecule has 1 N–H and O–H groups in total. The fourth-order valence-electron chi connectivity index (χ4n) is 1.84. The van der Waals surface area contributed by atoms with E-state index in [-0.39, 0.29) is 5.92 Å². The van der Waals surface area contributed by atoms with Gasteiger partial charge in [0.05, 0.1) is 0 Å². The highest BCUT2D eigenvalue weighted by Gasteiger charge is 2.29. The van der Waals surface area contributed by atoms with Gasteiger partial charge in [-0.25, -0.2) is 0 Å². The normalized spacial score (nSPS) is 17.8. The minimum Gasteiger partial charge on any atom is -0.508 e. The van der Waals surface area contributed by atoms with E-state index in [1.165, 1.54) is 12.8 Å². The van der Waals surface area contributed by atoms with Crippen LogP contribution in [0, 0.1) is 6.92 Å². The summed E-state index contributed by atoms with van der Waals surface area (Å²) in [7, 11) is 0. The van der Waals surface area contributed by atoms with E-state index in [9.17, 15) is 5.11 Å². The van der Waals surface area contributed by atoms with Crippen LogP contribution in [0.3, 0.4) is 0 Å². The van der Waals surface area contributed by atoms with Crippen LogP contribution < -0.4 is 0 Å². The maximum Gasteiger partial charge on any atom is 0.119 e. The molecule has 0 amide bonds. The third-order valence-electron chi connectivity index (χ3n) is 2.79. The Morgan fingerprint density at radius 3 is 2.71 bits per heavy atom. The molecule has 1 radical (unpaired) electrons. The zero-order valence-corrected chi connectivity index (χ0v) is 8.24. The summed E-state index contributed by atoms with van der Waals surface area (Å²) < 4.78 is 0. The first kappa shape index (κ1) is 9.32. The second kappa shape index (κ2) is 3.49. The van der Waals surface area contributed by atoms with Crippen LogP contribution in [0.4, 0.5) is 0 Å². The summed E-state index contributed by atoms with van der Waals surface area (Å²) in [5.74, 6) is 1.05. The molecule has 0 heterocycles. The van der Waals surface area contributed by atoms with Gasteiger partial charge in [0, 0.05) is 11.5 Å². The first-order chi connectivity index (χ1) is 6.74. The number of rotatable bonds is 3. The summed E-state index contributed by atoms with van der Waals surface area (Å²) in [5.41, 5.74) is 2.22. The fraction of sp³-hybridized carbons (Fsp3) is 0.308. The number of hydrogen-bond donors (Lipinski definition) is 1. The Labute approximate surface area is 85.1 Å². The van der Waals surface area contributed by atoms with Gasteiger partial charge >= 0.3 is 0 Å².